The van der Waals surface area contributed by atoms with Crippen molar-refractivity contribution in [1.82, 2.24) is 10.6 Å². The van der Waals surface area contributed by atoms with Gasteiger partial charge in [0.15, 0.2) is 15.8 Å². The molecule has 0 bridgehead atoms. The quantitative estimate of drug-likeness (QED) is 0.330. The van der Waals surface area contributed by atoms with E-state index in [1.807, 2.05) is 19.1 Å². The summed E-state index contributed by atoms with van der Waals surface area (Å²) in [7, 11) is -3.17. The van der Waals surface area contributed by atoms with Crippen LogP contribution in [0.5, 0.6) is 0 Å². The number of aliphatic imine (C=N–C) groups is 1. The van der Waals surface area contributed by atoms with Gasteiger partial charge >= 0.3 is 0 Å². The van der Waals surface area contributed by atoms with Crippen LogP contribution in [-0.4, -0.2) is 46.4 Å². The minimum absolute atomic E-state index is 0. The molecule has 1 aliphatic rings. The summed E-state index contributed by atoms with van der Waals surface area (Å²) in [5.74, 6) is 1.22. The zero-order chi connectivity index (χ0) is 20.8. The Kier molecular flexibility index (Phi) is 10.4. The third kappa shape index (κ3) is 8.41. The van der Waals surface area contributed by atoms with Crippen molar-refractivity contribution in [2.75, 3.05) is 26.0 Å². The number of hydrogen-bond acceptors (Lipinski definition) is 4. The molecule has 2 N–H and O–H groups in total. The topological polar surface area (TPSA) is 79.8 Å². The Morgan fingerprint density at radius 2 is 1.86 bits per heavy atom. The van der Waals surface area contributed by atoms with E-state index in [4.69, 9.17) is 4.74 Å². The SMILES string of the molecule is CCNC(=NCc1ccc(S(C)(=O)=O)cc1)NCC1CCCOC1C(C)(C)C.I. The van der Waals surface area contributed by atoms with Crippen molar-refractivity contribution in [3.05, 3.63) is 29.8 Å². The van der Waals surface area contributed by atoms with E-state index in [0.29, 0.717) is 17.4 Å². The van der Waals surface area contributed by atoms with Crippen LogP contribution in [0.15, 0.2) is 34.2 Å². The zero-order valence-electron chi connectivity index (χ0n) is 18.2. The predicted molar refractivity (Wildman–Crippen MR) is 130 cm³/mol. The van der Waals surface area contributed by atoms with E-state index in [0.717, 1.165) is 44.1 Å². The number of rotatable bonds is 6. The van der Waals surface area contributed by atoms with Gasteiger partial charge in [0.25, 0.3) is 0 Å². The van der Waals surface area contributed by atoms with Gasteiger partial charge in [0, 0.05) is 31.9 Å². The van der Waals surface area contributed by atoms with Crippen LogP contribution in [0.2, 0.25) is 0 Å². The summed E-state index contributed by atoms with van der Waals surface area (Å²) in [6, 6.07) is 6.89. The van der Waals surface area contributed by atoms with E-state index < -0.39 is 9.84 Å². The molecule has 0 spiro atoms. The highest BCUT2D eigenvalue weighted by molar-refractivity contribution is 14.0. The number of guanidine groups is 1. The molecule has 6 nitrogen and oxygen atoms in total. The molecule has 1 aromatic carbocycles. The highest BCUT2D eigenvalue weighted by Gasteiger charge is 2.35. The molecule has 1 fully saturated rings. The van der Waals surface area contributed by atoms with E-state index in [9.17, 15) is 8.42 Å². The molecule has 0 saturated carbocycles. The van der Waals surface area contributed by atoms with Crippen LogP contribution >= 0.6 is 24.0 Å². The minimum Gasteiger partial charge on any atom is -0.377 e. The lowest BCUT2D eigenvalue weighted by Gasteiger charge is -2.40. The van der Waals surface area contributed by atoms with Crippen molar-refractivity contribution >= 4 is 39.8 Å². The van der Waals surface area contributed by atoms with Crippen LogP contribution in [0.4, 0.5) is 0 Å². The van der Waals surface area contributed by atoms with Gasteiger partial charge in [-0.2, -0.15) is 0 Å². The first-order valence-electron chi connectivity index (χ1n) is 10.0. The second-order valence-electron chi connectivity index (χ2n) is 8.55. The van der Waals surface area contributed by atoms with Crippen LogP contribution in [0, 0.1) is 11.3 Å². The Bertz CT molecular complexity index is 758. The van der Waals surface area contributed by atoms with Gasteiger partial charge in [0.2, 0.25) is 0 Å². The average molecular weight is 538 g/mol. The van der Waals surface area contributed by atoms with Gasteiger partial charge in [-0.1, -0.05) is 32.9 Å². The standard InChI is InChI=1S/C21H35N3O3S.HI/c1-6-22-20(23-14-16-9-11-18(12-10-16)28(5,25)26)24-15-17-8-7-13-27-19(17)21(2,3)4;/h9-12,17,19H,6-8,13-15H2,1-5H3,(H2,22,23,24);1H. The van der Waals surface area contributed by atoms with Crippen molar-refractivity contribution in [3.8, 4) is 0 Å². The number of hydrogen-bond donors (Lipinski definition) is 2. The lowest BCUT2D eigenvalue weighted by Crippen LogP contribution is -2.47. The maximum atomic E-state index is 11.6. The third-order valence-corrected chi connectivity index (χ3v) is 6.07. The summed E-state index contributed by atoms with van der Waals surface area (Å²) >= 11 is 0. The number of nitrogens with one attached hydrogen (secondary N) is 2. The normalized spacial score (nSPS) is 20.7. The maximum Gasteiger partial charge on any atom is 0.191 e. The first-order chi connectivity index (χ1) is 13.1. The van der Waals surface area contributed by atoms with Crippen LogP contribution in [0.25, 0.3) is 0 Å². The lowest BCUT2D eigenvalue weighted by atomic mass is 9.78. The first kappa shape index (κ1) is 26.2. The Morgan fingerprint density at radius 3 is 2.41 bits per heavy atom. The van der Waals surface area contributed by atoms with Gasteiger partial charge in [-0.05, 0) is 42.9 Å². The van der Waals surface area contributed by atoms with Crippen molar-refractivity contribution in [3.63, 3.8) is 0 Å². The summed E-state index contributed by atoms with van der Waals surface area (Å²) in [4.78, 5) is 4.98. The first-order valence-corrected chi connectivity index (χ1v) is 11.9. The van der Waals surface area contributed by atoms with Crippen LogP contribution < -0.4 is 10.6 Å². The van der Waals surface area contributed by atoms with Crippen LogP contribution in [0.1, 0.15) is 46.1 Å². The summed E-state index contributed by atoms with van der Waals surface area (Å²) < 4.78 is 29.2. The molecule has 0 amide bonds. The number of benzene rings is 1. The van der Waals surface area contributed by atoms with Crippen molar-refractivity contribution < 1.29 is 13.2 Å². The largest absolute Gasteiger partial charge is 0.377 e. The molecule has 1 heterocycles. The van der Waals surface area contributed by atoms with Crippen LogP contribution in [0.3, 0.4) is 0 Å². The van der Waals surface area contributed by atoms with Gasteiger partial charge in [-0.3, -0.25) is 0 Å². The zero-order valence-corrected chi connectivity index (χ0v) is 21.3. The fourth-order valence-corrected chi connectivity index (χ4v) is 4.22. The second-order valence-corrected chi connectivity index (χ2v) is 10.6. The molecule has 2 atom stereocenters. The molecule has 1 aliphatic heterocycles. The smallest absolute Gasteiger partial charge is 0.191 e. The molecule has 166 valence electrons. The monoisotopic (exact) mass is 537 g/mol. The maximum absolute atomic E-state index is 11.6. The van der Waals surface area contributed by atoms with E-state index in [2.05, 4.69) is 36.4 Å². The summed E-state index contributed by atoms with van der Waals surface area (Å²) in [5, 5.41) is 6.75. The fourth-order valence-electron chi connectivity index (χ4n) is 3.59. The van der Waals surface area contributed by atoms with Gasteiger partial charge in [0.1, 0.15) is 0 Å². The number of ether oxygens (including phenoxy) is 1. The van der Waals surface area contributed by atoms with Crippen molar-refractivity contribution in [1.29, 1.82) is 0 Å². The molecule has 1 aromatic rings. The lowest BCUT2D eigenvalue weighted by molar-refractivity contribution is -0.0835. The van der Waals surface area contributed by atoms with E-state index >= 15 is 0 Å². The Labute approximate surface area is 193 Å². The minimum atomic E-state index is -3.17. The third-order valence-electron chi connectivity index (χ3n) is 4.95. The summed E-state index contributed by atoms with van der Waals surface area (Å²) in [6.07, 6.45) is 3.70. The molecule has 0 radical (unpaired) electrons. The Hall–Kier alpha value is -0.870. The highest BCUT2D eigenvalue weighted by Crippen LogP contribution is 2.33. The molecular formula is C21H36IN3O3S. The molecule has 29 heavy (non-hydrogen) atoms. The summed E-state index contributed by atoms with van der Waals surface area (Å²) in [5.41, 5.74) is 1.09. The molecular weight excluding hydrogens is 501 g/mol. The van der Waals surface area contributed by atoms with Gasteiger partial charge in [-0.15, -0.1) is 24.0 Å². The van der Waals surface area contributed by atoms with Crippen LogP contribution in [-0.2, 0) is 21.1 Å². The van der Waals surface area contributed by atoms with E-state index in [1.165, 1.54) is 6.26 Å². The molecule has 1 saturated heterocycles. The number of halogens is 1. The predicted octanol–water partition coefficient (Wildman–Crippen LogP) is 3.60. The van der Waals surface area contributed by atoms with Gasteiger partial charge in [-0.25, -0.2) is 13.4 Å². The van der Waals surface area contributed by atoms with E-state index in [1.54, 1.807) is 12.1 Å². The van der Waals surface area contributed by atoms with Gasteiger partial charge < -0.3 is 15.4 Å². The molecule has 2 rings (SSSR count). The number of sulfone groups is 1. The molecule has 0 aliphatic carbocycles. The highest BCUT2D eigenvalue weighted by atomic mass is 127. The van der Waals surface area contributed by atoms with E-state index in [-0.39, 0.29) is 35.5 Å². The van der Waals surface area contributed by atoms with Crippen molar-refractivity contribution in [2.24, 2.45) is 16.3 Å². The molecule has 8 heteroatoms. The average Bonchev–Trinajstić information content (AvgIpc) is 2.63. The van der Waals surface area contributed by atoms with Crippen molar-refractivity contribution in [2.45, 2.75) is 58.1 Å². The molecule has 2 unspecified atom stereocenters. The van der Waals surface area contributed by atoms with Gasteiger partial charge in [0.05, 0.1) is 17.5 Å². The Morgan fingerprint density at radius 1 is 1.21 bits per heavy atom. The Balaban J connectivity index is 0.00000420. The fraction of sp³-hybridized carbons (Fsp3) is 0.667. The molecule has 0 aromatic heterocycles. The second kappa shape index (κ2) is 11.5. The number of nitrogens with zero attached hydrogens (tertiary/aromatic N) is 1. The summed E-state index contributed by atoms with van der Waals surface area (Å²) in [6.45, 7) is 11.7.